The van der Waals surface area contributed by atoms with Gasteiger partial charge in [-0.2, -0.15) is 8.78 Å². The standard InChI is InChI=1S/C24H30F2N4O6/c1-13(27)20-19(22(31)30-9-3-4-16(11-30)28-24(32)33-2)29-21(36-20)15-7-8-17(35-23(25)26)18(10-15)34-12-14-5-6-14/h7-8,10,13-14,16,23H,3-6,9,11-12,27H2,1-2H3,(H,28,32)/t13-,16-/m0/s1. The Bertz CT molecular complexity index is 1090. The number of nitrogens with zero attached hydrogens (tertiary/aromatic N) is 2. The van der Waals surface area contributed by atoms with E-state index >= 15 is 0 Å². The van der Waals surface area contributed by atoms with Crippen LogP contribution in [-0.4, -0.2) is 61.3 Å². The number of ether oxygens (including phenoxy) is 3. The van der Waals surface area contributed by atoms with E-state index in [2.05, 4.69) is 19.8 Å². The Hall–Kier alpha value is -3.41. The van der Waals surface area contributed by atoms with Gasteiger partial charge in [0.2, 0.25) is 5.89 Å². The molecular formula is C24H30F2N4O6. The molecule has 2 fully saturated rings. The Kier molecular flexibility index (Phi) is 7.92. The molecule has 2 aliphatic rings. The van der Waals surface area contributed by atoms with Crippen LogP contribution < -0.4 is 20.5 Å². The number of hydrogen-bond donors (Lipinski definition) is 2. The average Bonchev–Trinajstić information content (AvgIpc) is 3.57. The lowest BCUT2D eigenvalue weighted by Gasteiger charge is -2.32. The maximum absolute atomic E-state index is 13.4. The van der Waals surface area contributed by atoms with Crippen LogP contribution in [0.1, 0.15) is 54.9 Å². The Morgan fingerprint density at radius 1 is 1.28 bits per heavy atom. The Balaban J connectivity index is 1.59. The van der Waals surface area contributed by atoms with E-state index in [0.29, 0.717) is 37.5 Å². The van der Waals surface area contributed by atoms with E-state index in [1.54, 1.807) is 11.8 Å². The van der Waals surface area contributed by atoms with Crippen molar-refractivity contribution in [1.29, 1.82) is 0 Å². The highest BCUT2D eigenvalue weighted by atomic mass is 19.3. The number of halogens is 2. The molecule has 0 radical (unpaired) electrons. The number of oxazole rings is 1. The molecule has 1 saturated carbocycles. The topological polar surface area (TPSA) is 129 Å². The maximum Gasteiger partial charge on any atom is 0.407 e. The zero-order chi connectivity index (χ0) is 25.8. The highest BCUT2D eigenvalue weighted by molar-refractivity contribution is 5.94. The molecule has 36 heavy (non-hydrogen) atoms. The van der Waals surface area contributed by atoms with Crippen molar-refractivity contribution in [2.24, 2.45) is 11.7 Å². The largest absolute Gasteiger partial charge is 0.489 e. The van der Waals surface area contributed by atoms with Crippen molar-refractivity contribution in [3.63, 3.8) is 0 Å². The molecule has 1 aromatic carbocycles. The smallest absolute Gasteiger partial charge is 0.407 e. The fraction of sp³-hybridized carbons (Fsp3) is 0.542. The number of alkyl halides is 2. The first kappa shape index (κ1) is 25.7. The molecule has 0 bridgehead atoms. The van der Waals surface area contributed by atoms with Crippen molar-refractivity contribution in [1.82, 2.24) is 15.2 Å². The highest BCUT2D eigenvalue weighted by Crippen LogP contribution is 2.37. The minimum Gasteiger partial charge on any atom is -0.489 e. The maximum atomic E-state index is 13.4. The molecule has 12 heteroatoms. The van der Waals surface area contributed by atoms with Crippen LogP contribution in [0.3, 0.4) is 0 Å². The number of piperidine rings is 1. The van der Waals surface area contributed by atoms with E-state index in [9.17, 15) is 18.4 Å². The fourth-order valence-corrected chi connectivity index (χ4v) is 4.01. The molecule has 3 N–H and O–H groups in total. The van der Waals surface area contributed by atoms with Crippen molar-refractivity contribution >= 4 is 12.0 Å². The molecule has 0 unspecified atom stereocenters. The van der Waals surface area contributed by atoms with Crippen LogP contribution in [0.15, 0.2) is 22.6 Å². The number of nitrogens with one attached hydrogen (secondary N) is 1. The minimum atomic E-state index is -3.00. The predicted molar refractivity (Wildman–Crippen MR) is 124 cm³/mol. The van der Waals surface area contributed by atoms with Gasteiger partial charge in [-0.25, -0.2) is 9.78 Å². The molecule has 2 atom stereocenters. The molecule has 0 spiro atoms. The van der Waals surface area contributed by atoms with Gasteiger partial charge in [0.25, 0.3) is 5.91 Å². The van der Waals surface area contributed by atoms with Crippen molar-refractivity contribution in [2.45, 2.75) is 51.3 Å². The molecule has 1 aliphatic carbocycles. The number of benzene rings is 1. The summed E-state index contributed by atoms with van der Waals surface area (Å²) in [6.07, 6.45) is 2.89. The normalized spacial score (nSPS) is 18.6. The van der Waals surface area contributed by atoms with Crippen LogP contribution in [0.4, 0.5) is 13.6 Å². The SMILES string of the molecule is COC(=O)N[C@H]1CCCN(C(=O)c2nc(-c3ccc(OC(F)F)c(OCC4CC4)c3)oc2[C@H](C)N)C1. The zero-order valence-electron chi connectivity index (χ0n) is 20.2. The van der Waals surface area contributed by atoms with Crippen LogP contribution in [0.2, 0.25) is 0 Å². The summed E-state index contributed by atoms with van der Waals surface area (Å²) in [6.45, 7) is -0.177. The number of nitrogens with two attached hydrogens (primary N) is 1. The van der Waals surface area contributed by atoms with Crippen LogP contribution in [0, 0.1) is 5.92 Å². The van der Waals surface area contributed by atoms with Crippen molar-refractivity contribution in [2.75, 3.05) is 26.8 Å². The molecule has 4 rings (SSSR count). The number of likely N-dealkylation sites (tertiary alicyclic amines) is 1. The number of hydrogen-bond acceptors (Lipinski definition) is 8. The molecule has 10 nitrogen and oxygen atoms in total. The van der Waals surface area contributed by atoms with Gasteiger partial charge in [0.1, 0.15) is 0 Å². The van der Waals surface area contributed by atoms with E-state index in [-0.39, 0.29) is 47.3 Å². The number of aromatic nitrogens is 1. The third-order valence-corrected chi connectivity index (χ3v) is 6.06. The molecular weight excluding hydrogens is 478 g/mol. The minimum absolute atomic E-state index is 0.0621. The van der Waals surface area contributed by atoms with Gasteiger partial charge in [0.15, 0.2) is 23.0 Å². The van der Waals surface area contributed by atoms with Gasteiger partial charge in [0, 0.05) is 24.7 Å². The first-order valence-corrected chi connectivity index (χ1v) is 11.9. The summed E-state index contributed by atoms with van der Waals surface area (Å²) < 4.78 is 46.6. The average molecular weight is 509 g/mol. The highest BCUT2D eigenvalue weighted by Gasteiger charge is 2.31. The van der Waals surface area contributed by atoms with Gasteiger partial charge in [-0.05, 0) is 56.7 Å². The predicted octanol–water partition coefficient (Wildman–Crippen LogP) is 3.71. The van der Waals surface area contributed by atoms with Crippen molar-refractivity contribution in [3.8, 4) is 23.0 Å². The molecule has 2 amide bonds. The van der Waals surface area contributed by atoms with Crippen LogP contribution in [0.5, 0.6) is 11.5 Å². The number of methoxy groups -OCH3 is 1. The Labute approximate surface area is 207 Å². The monoisotopic (exact) mass is 508 g/mol. The number of carbonyl (C=O) groups excluding carboxylic acids is 2. The molecule has 1 aliphatic heterocycles. The third kappa shape index (κ3) is 6.23. The van der Waals surface area contributed by atoms with Crippen LogP contribution in [0.25, 0.3) is 11.5 Å². The molecule has 2 aromatic rings. The van der Waals surface area contributed by atoms with Crippen LogP contribution >= 0.6 is 0 Å². The number of rotatable bonds is 9. The lowest BCUT2D eigenvalue weighted by atomic mass is 10.0. The second-order valence-electron chi connectivity index (χ2n) is 9.04. The van der Waals surface area contributed by atoms with E-state index < -0.39 is 18.7 Å². The van der Waals surface area contributed by atoms with E-state index in [1.807, 2.05) is 0 Å². The lowest BCUT2D eigenvalue weighted by Crippen LogP contribution is -2.49. The Morgan fingerprint density at radius 2 is 2.06 bits per heavy atom. The number of amides is 2. The quantitative estimate of drug-likeness (QED) is 0.525. The first-order chi connectivity index (χ1) is 17.2. The third-order valence-electron chi connectivity index (χ3n) is 6.06. The molecule has 196 valence electrons. The fourth-order valence-electron chi connectivity index (χ4n) is 4.01. The summed E-state index contributed by atoms with van der Waals surface area (Å²) in [5.74, 6) is 0.364. The second kappa shape index (κ2) is 11.1. The first-order valence-electron chi connectivity index (χ1n) is 11.9. The summed E-state index contributed by atoms with van der Waals surface area (Å²) in [7, 11) is 1.28. The van der Waals surface area contributed by atoms with Gasteiger partial charge < -0.3 is 34.6 Å². The summed E-state index contributed by atoms with van der Waals surface area (Å²) in [6, 6.07) is 3.47. The molecule has 2 heterocycles. The van der Waals surface area contributed by atoms with E-state index in [4.69, 9.17) is 14.9 Å². The van der Waals surface area contributed by atoms with Gasteiger partial charge in [0.05, 0.1) is 19.8 Å². The summed E-state index contributed by atoms with van der Waals surface area (Å²) in [4.78, 5) is 31.0. The second-order valence-corrected chi connectivity index (χ2v) is 9.04. The summed E-state index contributed by atoms with van der Waals surface area (Å²) >= 11 is 0. The summed E-state index contributed by atoms with van der Waals surface area (Å²) in [5.41, 5.74) is 6.56. The van der Waals surface area contributed by atoms with Gasteiger partial charge in [-0.15, -0.1) is 0 Å². The lowest BCUT2D eigenvalue weighted by molar-refractivity contribution is -0.0515. The van der Waals surface area contributed by atoms with Crippen molar-refractivity contribution < 1.29 is 37.0 Å². The van der Waals surface area contributed by atoms with Gasteiger partial charge >= 0.3 is 12.7 Å². The van der Waals surface area contributed by atoms with Crippen molar-refractivity contribution in [3.05, 3.63) is 29.7 Å². The molecule has 1 aromatic heterocycles. The zero-order valence-corrected chi connectivity index (χ0v) is 20.2. The van der Waals surface area contributed by atoms with Crippen LogP contribution in [-0.2, 0) is 4.74 Å². The van der Waals surface area contributed by atoms with E-state index in [1.165, 1.54) is 25.3 Å². The Morgan fingerprint density at radius 3 is 2.72 bits per heavy atom. The van der Waals surface area contributed by atoms with Gasteiger partial charge in [-0.1, -0.05) is 0 Å². The summed E-state index contributed by atoms with van der Waals surface area (Å²) in [5, 5.41) is 2.72. The number of carbonyl (C=O) groups is 2. The van der Waals surface area contributed by atoms with E-state index in [0.717, 1.165) is 12.8 Å². The molecule has 1 saturated heterocycles. The number of alkyl carbamates (subject to hydrolysis) is 1. The van der Waals surface area contributed by atoms with Gasteiger partial charge in [-0.3, -0.25) is 4.79 Å².